The fourth-order valence-corrected chi connectivity index (χ4v) is 3.41. The lowest BCUT2D eigenvalue weighted by atomic mass is 9.76. The minimum Gasteiger partial charge on any atom is -0.329 e. The molecule has 0 heterocycles. The Labute approximate surface area is 121 Å². The van der Waals surface area contributed by atoms with Crippen LogP contribution in [-0.4, -0.2) is 30.6 Å². The summed E-state index contributed by atoms with van der Waals surface area (Å²) >= 11 is 0. The maximum absolute atomic E-state index is 6.11. The lowest BCUT2D eigenvalue weighted by Gasteiger charge is -2.45. The molecular weight excluding hydrogens is 232 g/mol. The van der Waals surface area contributed by atoms with Crippen LogP contribution in [0.3, 0.4) is 0 Å². The Morgan fingerprint density at radius 2 is 1.63 bits per heavy atom. The maximum Gasteiger partial charge on any atom is 0.0328 e. The molecule has 1 aliphatic rings. The molecule has 0 amide bonds. The van der Waals surface area contributed by atoms with Crippen molar-refractivity contribution < 1.29 is 0 Å². The Balaban J connectivity index is 2.24. The minimum absolute atomic E-state index is 0.315. The van der Waals surface area contributed by atoms with E-state index in [1.54, 1.807) is 0 Å². The van der Waals surface area contributed by atoms with E-state index in [2.05, 4.69) is 25.8 Å². The lowest BCUT2D eigenvalue weighted by Crippen LogP contribution is -2.54. The molecule has 1 saturated carbocycles. The summed E-state index contributed by atoms with van der Waals surface area (Å²) in [5.74, 6) is 0.905. The first-order valence-electron chi connectivity index (χ1n) is 8.56. The summed E-state index contributed by atoms with van der Waals surface area (Å²) in [6, 6.07) is 0. The number of unbranched alkanes of at least 4 members (excludes halogenated alkanes) is 5. The van der Waals surface area contributed by atoms with Crippen LogP contribution in [0.4, 0.5) is 0 Å². The Morgan fingerprint density at radius 1 is 1.05 bits per heavy atom. The second-order valence-electron chi connectivity index (χ2n) is 6.80. The van der Waals surface area contributed by atoms with E-state index in [0.717, 1.165) is 12.5 Å². The van der Waals surface area contributed by atoms with Crippen molar-refractivity contribution in [2.45, 2.75) is 83.6 Å². The Bertz CT molecular complexity index is 219. The average molecular weight is 268 g/mol. The van der Waals surface area contributed by atoms with Gasteiger partial charge >= 0.3 is 0 Å². The van der Waals surface area contributed by atoms with Gasteiger partial charge in [-0.2, -0.15) is 0 Å². The zero-order valence-electron chi connectivity index (χ0n) is 13.6. The van der Waals surface area contributed by atoms with Crippen LogP contribution in [0, 0.1) is 5.92 Å². The normalized spacial score (nSPS) is 27.9. The Morgan fingerprint density at radius 3 is 2.21 bits per heavy atom. The molecule has 2 N–H and O–H groups in total. The van der Waals surface area contributed by atoms with E-state index in [1.165, 1.54) is 70.8 Å². The molecule has 0 aliphatic heterocycles. The fourth-order valence-electron chi connectivity index (χ4n) is 3.41. The zero-order valence-corrected chi connectivity index (χ0v) is 13.6. The topological polar surface area (TPSA) is 29.3 Å². The van der Waals surface area contributed by atoms with Crippen molar-refractivity contribution in [3.63, 3.8) is 0 Å². The second kappa shape index (κ2) is 8.97. The molecule has 1 fully saturated rings. The molecule has 2 nitrogen and oxygen atoms in total. The zero-order chi connectivity index (χ0) is 14.1. The van der Waals surface area contributed by atoms with E-state index in [1.807, 2.05) is 0 Å². The van der Waals surface area contributed by atoms with Crippen LogP contribution in [0.2, 0.25) is 0 Å². The maximum atomic E-state index is 6.11. The molecule has 1 rings (SSSR count). The van der Waals surface area contributed by atoms with Gasteiger partial charge in [0, 0.05) is 12.1 Å². The van der Waals surface area contributed by atoms with E-state index in [0.29, 0.717) is 5.54 Å². The standard InChI is InChI=1S/C17H36N2/c1-4-5-6-7-8-9-14-19(3)17(15-18)12-10-16(2)11-13-17/h16H,4-15,18H2,1-3H3. The predicted octanol–water partition coefficient (Wildman–Crippen LogP) is 4.19. The van der Waals surface area contributed by atoms with Crippen molar-refractivity contribution in [1.82, 2.24) is 4.90 Å². The first kappa shape index (κ1) is 17.0. The van der Waals surface area contributed by atoms with Crippen LogP contribution in [0.1, 0.15) is 78.1 Å². The molecule has 19 heavy (non-hydrogen) atoms. The van der Waals surface area contributed by atoms with Gasteiger partial charge in [0.05, 0.1) is 0 Å². The van der Waals surface area contributed by atoms with Gasteiger partial charge in [-0.1, -0.05) is 46.0 Å². The van der Waals surface area contributed by atoms with E-state index in [4.69, 9.17) is 5.73 Å². The van der Waals surface area contributed by atoms with Crippen LogP contribution >= 0.6 is 0 Å². The van der Waals surface area contributed by atoms with E-state index < -0.39 is 0 Å². The third-order valence-corrected chi connectivity index (χ3v) is 5.24. The molecule has 0 aromatic carbocycles. The fraction of sp³-hybridized carbons (Fsp3) is 1.00. The number of hydrogen-bond donors (Lipinski definition) is 1. The Hall–Kier alpha value is -0.0800. The molecule has 0 aromatic rings. The van der Waals surface area contributed by atoms with Crippen molar-refractivity contribution in [3.8, 4) is 0 Å². The van der Waals surface area contributed by atoms with Crippen LogP contribution in [0.15, 0.2) is 0 Å². The van der Waals surface area contributed by atoms with Gasteiger partial charge in [-0.15, -0.1) is 0 Å². The molecular formula is C17H36N2. The number of nitrogens with two attached hydrogens (primary N) is 1. The molecule has 0 bridgehead atoms. The molecule has 0 atom stereocenters. The number of nitrogens with zero attached hydrogens (tertiary/aromatic N) is 1. The monoisotopic (exact) mass is 268 g/mol. The van der Waals surface area contributed by atoms with Gasteiger partial charge in [0.2, 0.25) is 0 Å². The molecule has 0 spiro atoms. The molecule has 0 radical (unpaired) electrons. The van der Waals surface area contributed by atoms with Crippen molar-refractivity contribution in [2.24, 2.45) is 11.7 Å². The summed E-state index contributed by atoms with van der Waals surface area (Å²) in [4.78, 5) is 2.58. The summed E-state index contributed by atoms with van der Waals surface area (Å²) in [7, 11) is 2.30. The third-order valence-electron chi connectivity index (χ3n) is 5.24. The minimum atomic E-state index is 0.315. The largest absolute Gasteiger partial charge is 0.329 e. The highest BCUT2D eigenvalue weighted by Crippen LogP contribution is 2.35. The second-order valence-corrected chi connectivity index (χ2v) is 6.80. The summed E-state index contributed by atoms with van der Waals surface area (Å²) in [6.45, 7) is 6.74. The van der Waals surface area contributed by atoms with Crippen LogP contribution in [0.5, 0.6) is 0 Å². The van der Waals surface area contributed by atoms with Crippen LogP contribution in [0.25, 0.3) is 0 Å². The van der Waals surface area contributed by atoms with Crippen molar-refractivity contribution >= 4 is 0 Å². The van der Waals surface area contributed by atoms with Crippen LogP contribution in [-0.2, 0) is 0 Å². The van der Waals surface area contributed by atoms with Crippen molar-refractivity contribution in [2.75, 3.05) is 20.1 Å². The van der Waals surface area contributed by atoms with E-state index in [9.17, 15) is 0 Å². The SMILES string of the molecule is CCCCCCCCN(C)C1(CN)CCC(C)CC1. The van der Waals surface area contributed by atoms with Gasteiger partial charge in [0.25, 0.3) is 0 Å². The highest BCUT2D eigenvalue weighted by atomic mass is 15.2. The number of rotatable bonds is 9. The molecule has 0 unspecified atom stereocenters. The summed E-state index contributed by atoms with van der Waals surface area (Å²) in [5.41, 5.74) is 6.43. The van der Waals surface area contributed by atoms with Gasteiger partial charge < -0.3 is 5.73 Å². The van der Waals surface area contributed by atoms with Gasteiger partial charge in [0.15, 0.2) is 0 Å². The quantitative estimate of drug-likeness (QED) is 0.635. The van der Waals surface area contributed by atoms with Gasteiger partial charge in [0.1, 0.15) is 0 Å². The van der Waals surface area contributed by atoms with Crippen LogP contribution < -0.4 is 5.73 Å². The molecule has 1 aliphatic carbocycles. The summed E-state index contributed by atoms with van der Waals surface area (Å²) in [5, 5.41) is 0. The summed E-state index contributed by atoms with van der Waals surface area (Å²) < 4.78 is 0. The lowest BCUT2D eigenvalue weighted by molar-refractivity contribution is 0.0663. The first-order valence-corrected chi connectivity index (χ1v) is 8.56. The van der Waals surface area contributed by atoms with Gasteiger partial charge in [-0.3, -0.25) is 4.90 Å². The molecule has 0 aromatic heterocycles. The number of hydrogen-bond acceptors (Lipinski definition) is 2. The van der Waals surface area contributed by atoms with E-state index >= 15 is 0 Å². The van der Waals surface area contributed by atoms with E-state index in [-0.39, 0.29) is 0 Å². The van der Waals surface area contributed by atoms with Crippen molar-refractivity contribution in [3.05, 3.63) is 0 Å². The first-order chi connectivity index (χ1) is 9.14. The summed E-state index contributed by atoms with van der Waals surface area (Å²) in [6.07, 6.45) is 13.6. The molecule has 114 valence electrons. The van der Waals surface area contributed by atoms with Gasteiger partial charge in [-0.05, 0) is 51.6 Å². The Kier molecular flexibility index (Phi) is 8.01. The smallest absolute Gasteiger partial charge is 0.0328 e. The third kappa shape index (κ3) is 5.43. The number of likely N-dealkylation sites (N-methyl/N-ethyl adjacent to an activating group) is 1. The predicted molar refractivity (Wildman–Crippen MR) is 85.4 cm³/mol. The van der Waals surface area contributed by atoms with Crippen molar-refractivity contribution in [1.29, 1.82) is 0 Å². The molecule has 0 saturated heterocycles. The molecule has 2 heteroatoms. The highest BCUT2D eigenvalue weighted by Gasteiger charge is 2.36. The van der Waals surface area contributed by atoms with Gasteiger partial charge in [-0.25, -0.2) is 0 Å². The highest BCUT2D eigenvalue weighted by molar-refractivity contribution is 4.94. The average Bonchev–Trinajstić information content (AvgIpc) is 2.43.